The number of nitrogens with zero attached hydrogens (tertiary/aromatic N) is 2. The van der Waals surface area contributed by atoms with Crippen LogP contribution in [0.5, 0.6) is 0 Å². The zero-order valence-corrected chi connectivity index (χ0v) is 12.3. The highest BCUT2D eigenvalue weighted by Crippen LogP contribution is 2.25. The van der Waals surface area contributed by atoms with Crippen LogP contribution in [0.4, 0.5) is 4.39 Å². The lowest BCUT2D eigenvalue weighted by Gasteiger charge is -2.49. The maximum absolute atomic E-state index is 13.5. The number of hydrogen-bond donors (Lipinski definition) is 1. The Morgan fingerprint density at radius 2 is 2.05 bits per heavy atom. The molecule has 0 aromatic heterocycles. The summed E-state index contributed by atoms with van der Waals surface area (Å²) >= 11 is 3.26. The highest BCUT2D eigenvalue weighted by Gasteiger charge is 2.36. The summed E-state index contributed by atoms with van der Waals surface area (Å²) in [6.07, 6.45) is 0.0501. The summed E-state index contributed by atoms with van der Waals surface area (Å²) < 4.78 is 14.0. The normalized spacial score (nSPS) is 31.4. The van der Waals surface area contributed by atoms with Gasteiger partial charge in [0.2, 0.25) is 0 Å². The summed E-state index contributed by atoms with van der Waals surface area (Å²) in [5, 5.41) is 10.5. The van der Waals surface area contributed by atoms with Crippen molar-refractivity contribution in [1.29, 1.82) is 0 Å². The van der Waals surface area contributed by atoms with E-state index in [-0.39, 0.29) is 11.9 Å². The van der Waals surface area contributed by atoms with Gasteiger partial charge >= 0.3 is 0 Å². The van der Waals surface area contributed by atoms with Crippen LogP contribution in [0.3, 0.4) is 0 Å². The van der Waals surface area contributed by atoms with Crippen molar-refractivity contribution in [2.75, 3.05) is 32.7 Å². The van der Waals surface area contributed by atoms with Crippen LogP contribution < -0.4 is 0 Å². The summed E-state index contributed by atoms with van der Waals surface area (Å²) in [6, 6.07) is 5.17. The molecule has 1 aromatic carbocycles. The Morgan fingerprint density at radius 1 is 1.32 bits per heavy atom. The maximum atomic E-state index is 13.5. The molecular formula is C14H18BrFN2O. The summed E-state index contributed by atoms with van der Waals surface area (Å²) in [4.78, 5) is 4.76. The van der Waals surface area contributed by atoms with E-state index in [1.165, 1.54) is 6.07 Å². The van der Waals surface area contributed by atoms with Gasteiger partial charge < -0.3 is 5.11 Å². The molecule has 2 bridgehead atoms. The number of hydrogen-bond acceptors (Lipinski definition) is 3. The molecule has 4 rings (SSSR count). The topological polar surface area (TPSA) is 26.7 Å². The van der Waals surface area contributed by atoms with Gasteiger partial charge in [-0.1, -0.05) is 12.1 Å². The molecule has 104 valence electrons. The van der Waals surface area contributed by atoms with E-state index in [1.54, 1.807) is 6.07 Å². The third kappa shape index (κ3) is 2.70. The number of aliphatic hydroxyl groups is 1. The van der Waals surface area contributed by atoms with E-state index in [0.717, 1.165) is 38.3 Å². The summed E-state index contributed by atoms with van der Waals surface area (Å²) in [7, 11) is 0. The van der Waals surface area contributed by atoms with Crippen LogP contribution in [0, 0.1) is 5.82 Å². The van der Waals surface area contributed by atoms with E-state index < -0.39 is 6.10 Å². The third-order valence-corrected chi connectivity index (χ3v) is 5.11. The molecule has 3 fully saturated rings. The minimum absolute atomic E-state index is 0.178. The third-order valence-electron chi connectivity index (χ3n) is 4.23. The standard InChI is InChI=1S/C14H18BrFN2O/c15-14-10(2-1-3-11(14)16)8-13(19)12-9-17-4-6-18(12)7-5-17/h1-3,12-13,19H,4-9H2. The van der Waals surface area contributed by atoms with E-state index in [1.807, 2.05) is 6.07 Å². The molecule has 3 heterocycles. The lowest BCUT2D eigenvalue weighted by molar-refractivity contribution is -0.0453. The smallest absolute Gasteiger partial charge is 0.137 e. The Balaban J connectivity index is 1.71. The molecule has 0 radical (unpaired) electrons. The van der Waals surface area contributed by atoms with Crippen LogP contribution >= 0.6 is 15.9 Å². The fraction of sp³-hybridized carbons (Fsp3) is 0.571. The Labute approximate surface area is 121 Å². The van der Waals surface area contributed by atoms with Crippen LogP contribution in [-0.4, -0.2) is 59.8 Å². The van der Waals surface area contributed by atoms with Crippen LogP contribution in [0.25, 0.3) is 0 Å². The van der Waals surface area contributed by atoms with Crippen molar-refractivity contribution in [1.82, 2.24) is 9.80 Å². The second kappa shape index (κ2) is 5.48. The van der Waals surface area contributed by atoms with Crippen molar-refractivity contribution in [3.63, 3.8) is 0 Å². The molecule has 1 N–H and O–H groups in total. The molecule has 3 aliphatic heterocycles. The van der Waals surface area contributed by atoms with Crippen molar-refractivity contribution >= 4 is 15.9 Å². The SMILES string of the molecule is OC(Cc1cccc(F)c1Br)C1CN2CCN1CC2. The average molecular weight is 329 g/mol. The second-order valence-corrected chi connectivity index (χ2v) is 6.18. The summed E-state index contributed by atoms with van der Waals surface area (Å²) in [5.74, 6) is -0.265. The van der Waals surface area contributed by atoms with Gasteiger partial charge in [0.1, 0.15) is 5.82 Å². The van der Waals surface area contributed by atoms with Crippen LogP contribution in [0.2, 0.25) is 0 Å². The lowest BCUT2D eigenvalue weighted by Crippen LogP contribution is -2.64. The van der Waals surface area contributed by atoms with Crippen LogP contribution in [-0.2, 0) is 6.42 Å². The summed E-state index contributed by atoms with van der Waals surface area (Å²) in [5.41, 5.74) is 0.838. The average Bonchev–Trinajstić information content (AvgIpc) is 2.45. The van der Waals surface area contributed by atoms with E-state index in [2.05, 4.69) is 25.7 Å². The molecule has 19 heavy (non-hydrogen) atoms. The lowest BCUT2D eigenvalue weighted by atomic mass is 9.97. The molecule has 3 nitrogen and oxygen atoms in total. The fourth-order valence-electron chi connectivity index (χ4n) is 3.09. The van der Waals surface area contributed by atoms with Gasteiger partial charge in [0.15, 0.2) is 0 Å². The van der Waals surface area contributed by atoms with E-state index in [9.17, 15) is 9.50 Å². The number of halogens is 2. The second-order valence-electron chi connectivity index (χ2n) is 5.39. The van der Waals surface area contributed by atoms with Gasteiger partial charge in [0, 0.05) is 45.2 Å². The number of rotatable bonds is 3. The molecule has 0 aliphatic carbocycles. The first-order chi connectivity index (χ1) is 9.15. The first-order valence-corrected chi connectivity index (χ1v) is 7.52. The zero-order chi connectivity index (χ0) is 13.4. The van der Waals surface area contributed by atoms with Crippen molar-refractivity contribution in [3.05, 3.63) is 34.1 Å². The van der Waals surface area contributed by atoms with Gasteiger partial charge in [-0.25, -0.2) is 4.39 Å². The molecule has 1 aromatic rings. The largest absolute Gasteiger partial charge is 0.391 e. The van der Waals surface area contributed by atoms with Gasteiger partial charge in [0.05, 0.1) is 10.6 Å². The van der Waals surface area contributed by atoms with Gasteiger partial charge in [-0.2, -0.15) is 0 Å². The zero-order valence-electron chi connectivity index (χ0n) is 10.7. The maximum Gasteiger partial charge on any atom is 0.137 e. The van der Waals surface area contributed by atoms with Crippen molar-refractivity contribution in [2.24, 2.45) is 0 Å². The van der Waals surface area contributed by atoms with Crippen molar-refractivity contribution in [2.45, 2.75) is 18.6 Å². The Bertz CT molecular complexity index is 463. The minimum Gasteiger partial charge on any atom is -0.391 e. The van der Waals surface area contributed by atoms with Gasteiger partial charge in [-0.05, 0) is 27.6 Å². The molecule has 2 unspecified atom stereocenters. The predicted molar refractivity (Wildman–Crippen MR) is 75.6 cm³/mol. The molecule has 3 saturated heterocycles. The number of fused-ring (bicyclic) bond motifs is 3. The van der Waals surface area contributed by atoms with E-state index in [0.29, 0.717) is 10.9 Å². The Kier molecular flexibility index (Phi) is 3.89. The van der Waals surface area contributed by atoms with E-state index >= 15 is 0 Å². The molecule has 0 saturated carbocycles. The first kappa shape index (κ1) is 13.5. The molecule has 3 aliphatic rings. The molecular weight excluding hydrogens is 311 g/mol. The molecule has 0 amide bonds. The fourth-order valence-corrected chi connectivity index (χ4v) is 3.52. The highest BCUT2D eigenvalue weighted by molar-refractivity contribution is 9.10. The highest BCUT2D eigenvalue weighted by atomic mass is 79.9. The minimum atomic E-state index is -0.443. The van der Waals surface area contributed by atoms with Crippen molar-refractivity contribution in [3.8, 4) is 0 Å². The Hall–Kier alpha value is -0.490. The van der Waals surface area contributed by atoms with Gasteiger partial charge in [-0.3, -0.25) is 9.80 Å². The van der Waals surface area contributed by atoms with Gasteiger partial charge in [-0.15, -0.1) is 0 Å². The molecule has 2 atom stereocenters. The van der Waals surface area contributed by atoms with Gasteiger partial charge in [0.25, 0.3) is 0 Å². The quantitative estimate of drug-likeness (QED) is 0.910. The van der Waals surface area contributed by atoms with Crippen molar-refractivity contribution < 1.29 is 9.50 Å². The summed E-state index contributed by atoms with van der Waals surface area (Å²) in [6.45, 7) is 5.20. The first-order valence-electron chi connectivity index (χ1n) is 6.72. The molecule has 5 heteroatoms. The monoisotopic (exact) mass is 328 g/mol. The number of benzene rings is 1. The van der Waals surface area contributed by atoms with E-state index in [4.69, 9.17) is 0 Å². The Morgan fingerprint density at radius 3 is 2.68 bits per heavy atom. The van der Waals surface area contributed by atoms with Crippen LogP contribution in [0.15, 0.2) is 22.7 Å². The number of piperazine rings is 3. The molecule has 0 spiro atoms. The van der Waals surface area contributed by atoms with Crippen LogP contribution in [0.1, 0.15) is 5.56 Å². The number of aliphatic hydroxyl groups excluding tert-OH is 1. The predicted octanol–water partition coefficient (Wildman–Crippen LogP) is 1.49.